The largest absolute Gasteiger partial charge is 0.497 e. The summed E-state index contributed by atoms with van der Waals surface area (Å²) < 4.78 is 23.9. The smallest absolute Gasteiger partial charge is 0.170 e. The molecule has 0 radical (unpaired) electrons. The fraction of sp³-hybridized carbons (Fsp3) is 0.133. The Morgan fingerprint density at radius 1 is 1.19 bits per heavy atom. The van der Waals surface area contributed by atoms with Crippen LogP contribution in [0.15, 0.2) is 47.6 Å². The van der Waals surface area contributed by atoms with Gasteiger partial charge in [0.2, 0.25) is 0 Å². The molecule has 2 rings (SSSR count). The number of rotatable bonds is 5. The highest BCUT2D eigenvalue weighted by molar-refractivity contribution is 5.98. The third-order valence-corrected chi connectivity index (χ3v) is 2.91. The Labute approximate surface area is 121 Å². The van der Waals surface area contributed by atoms with Gasteiger partial charge in [-0.3, -0.25) is 0 Å². The summed E-state index contributed by atoms with van der Waals surface area (Å²) in [6, 6.07) is 11.1. The van der Waals surface area contributed by atoms with Crippen molar-refractivity contribution in [1.82, 2.24) is 0 Å². The zero-order valence-electron chi connectivity index (χ0n) is 11.4. The summed E-state index contributed by atoms with van der Waals surface area (Å²) in [6.07, 6.45) is 0. The van der Waals surface area contributed by atoms with Crippen molar-refractivity contribution >= 4 is 5.84 Å². The normalized spacial score (nSPS) is 11.2. The molecule has 0 atom stereocenters. The molecule has 2 aromatic carbocycles. The van der Waals surface area contributed by atoms with Gasteiger partial charge in [0, 0.05) is 11.1 Å². The molecule has 0 aliphatic heterocycles. The quantitative estimate of drug-likeness (QED) is 0.384. The first kappa shape index (κ1) is 14.6. The summed E-state index contributed by atoms with van der Waals surface area (Å²) in [7, 11) is 1.58. The molecule has 0 fully saturated rings. The van der Waals surface area contributed by atoms with Crippen LogP contribution in [0.4, 0.5) is 4.39 Å². The zero-order chi connectivity index (χ0) is 15.2. The molecule has 5 nitrogen and oxygen atoms in total. The molecule has 0 aromatic heterocycles. The van der Waals surface area contributed by atoms with Gasteiger partial charge in [-0.25, -0.2) is 4.39 Å². The maximum atomic E-state index is 13.2. The molecule has 0 saturated carbocycles. The lowest BCUT2D eigenvalue weighted by Crippen LogP contribution is -2.16. The Bertz CT molecular complexity index is 642. The van der Waals surface area contributed by atoms with E-state index in [0.29, 0.717) is 16.9 Å². The fourth-order valence-corrected chi connectivity index (χ4v) is 1.80. The molecule has 0 aliphatic carbocycles. The number of benzene rings is 2. The lowest BCUT2D eigenvalue weighted by Gasteiger charge is -2.11. The van der Waals surface area contributed by atoms with Crippen LogP contribution in [0.3, 0.4) is 0 Å². The number of nitrogens with two attached hydrogens (primary N) is 1. The second kappa shape index (κ2) is 6.60. The van der Waals surface area contributed by atoms with Gasteiger partial charge in [-0.2, -0.15) is 0 Å². The maximum Gasteiger partial charge on any atom is 0.170 e. The number of amidine groups is 1. The van der Waals surface area contributed by atoms with Crippen molar-refractivity contribution in [3.8, 4) is 11.5 Å². The Balaban J connectivity index is 2.15. The van der Waals surface area contributed by atoms with E-state index in [0.717, 1.165) is 5.75 Å². The van der Waals surface area contributed by atoms with E-state index in [1.54, 1.807) is 31.4 Å². The van der Waals surface area contributed by atoms with Crippen LogP contribution in [0.2, 0.25) is 0 Å². The number of halogens is 1. The van der Waals surface area contributed by atoms with Gasteiger partial charge < -0.3 is 20.4 Å². The molecule has 2 aromatic rings. The number of nitrogens with zero attached hydrogens (tertiary/aromatic N) is 1. The predicted molar refractivity (Wildman–Crippen MR) is 76.2 cm³/mol. The molecule has 0 bridgehead atoms. The average Bonchev–Trinajstić information content (AvgIpc) is 2.53. The SMILES string of the molecule is COc1ccc(OCc2ccc(F)cc2C(N)=NO)cc1. The first-order chi connectivity index (χ1) is 10.1. The van der Waals surface area contributed by atoms with Crippen LogP contribution >= 0.6 is 0 Å². The van der Waals surface area contributed by atoms with Crippen molar-refractivity contribution in [2.24, 2.45) is 10.9 Å². The van der Waals surface area contributed by atoms with Crippen LogP contribution < -0.4 is 15.2 Å². The van der Waals surface area contributed by atoms with Crippen LogP contribution in [0.5, 0.6) is 11.5 Å². The minimum atomic E-state index is -0.468. The summed E-state index contributed by atoms with van der Waals surface area (Å²) in [4.78, 5) is 0. The van der Waals surface area contributed by atoms with E-state index in [1.165, 1.54) is 18.2 Å². The molecule has 0 unspecified atom stereocenters. The highest BCUT2D eigenvalue weighted by Crippen LogP contribution is 2.19. The fourth-order valence-electron chi connectivity index (χ4n) is 1.80. The van der Waals surface area contributed by atoms with E-state index in [9.17, 15) is 4.39 Å². The topological polar surface area (TPSA) is 77.1 Å². The molecule has 3 N–H and O–H groups in total. The molecule has 0 heterocycles. The van der Waals surface area contributed by atoms with Crippen molar-refractivity contribution in [2.45, 2.75) is 6.61 Å². The maximum absolute atomic E-state index is 13.2. The van der Waals surface area contributed by atoms with Crippen LogP contribution in [0.1, 0.15) is 11.1 Å². The van der Waals surface area contributed by atoms with Gasteiger partial charge in [-0.05, 0) is 36.4 Å². The van der Waals surface area contributed by atoms with Crippen LogP contribution in [-0.2, 0) is 6.61 Å². The monoisotopic (exact) mass is 290 g/mol. The first-order valence-corrected chi connectivity index (χ1v) is 6.17. The summed E-state index contributed by atoms with van der Waals surface area (Å²) in [6.45, 7) is 0.165. The molecule has 0 aliphatic rings. The minimum absolute atomic E-state index is 0.164. The van der Waals surface area contributed by atoms with Crippen molar-refractivity contribution < 1.29 is 19.1 Å². The number of methoxy groups -OCH3 is 1. The van der Waals surface area contributed by atoms with E-state index in [1.807, 2.05) is 0 Å². The van der Waals surface area contributed by atoms with Gasteiger partial charge in [0.1, 0.15) is 23.9 Å². The van der Waals surface area contributed by atoms with Gasteiger partial charge in [-0.15, -0.1) is 0 Å². The van der Waals surface area contributed by atoms with Gasteiger partial charge in [0.25, 0.3) is 0 Å². The van der Waals surface area contributed by atoms with Crippen molar-refractivity contribution in [3.05, 3.63) is 59.4 Å². The minimum Gasteiger partial charge on any atom is -0.497 e. The highest BCUT2D eigenvalue weighted by atomic mass is 19.1. The molecule has 110 valence electrons. The zero-order valence-corrected chi connectivity index (χ0v) is 11.4. The van der Waals surface area contributed by atoms with Gasteiger partial charge in [-0.1, -0.05) is 11.2 Å². The summed E-state index contributed by atoms with van der Waals surface area (Å²) in [5, 5.41) is 11.6. The highest BCUT2D eigenvalue weighted by Gasteiger charge is 2.09. The van der Waals surface area contributed by atoms with Crippen molar-refractivity contribution in [1.29, 1.82) is 0 Å². The van der Waals surface area contributed by atoms with E-state index < -0.39 is 5.82 Å². The van der Waals surface area contributed by atoms with Gasteiger partial charge >= 0.3 is 0 Å². The second-order valence-corrected chi connectivity index (χ2v) is 4.25. The summed E-state index contributed by atoms with van der Waals surface area (Å²) in [5.74, 6) is 0.722. The van der Waals surface area contributed by atoms with Crippen LogP contribution in [0, 0.1) is 5.82 Å². The van der Waals surface area contributed by atoms with E-state index >= 15 is 0 Å². The first-order valence-electron chi connectivity index (χ1n) is 6.17. The molecule has 0 amide bonds. The molecular formula is C15H15FN2O3. The molecular weight excluding hydrogens is 275 g/mol. The third-order valence-electron chi connectivity index (χ3n) is 2.91. The number of ether oxygens (including phenoxy) is 2. The lowest BCUT2D eigenvalue weighted by molar-refractivity contribution is 0.304. The molecule has 0 saturated heterocycles. The Kier molecular flexibility index (Phi) is 4.61. The van der Waals surface area contributed by atoms with Gasteiger partial charge in [0.05, 0.1) is 7.11 Å². The Morgan fingerprint density at radius 2 is 1.86 bits per heavy atom. The predicted octanol–water partition coefficient (Wildman–Crippen LogP) is 2.51. The van der Waals surface area contributed by atoms with Crippen molar-refractivity contribution in [2.75, 3.05) is 7.11 Å². The molecule has 0 spiro atoms. The van der Waals surface area contributed by atoms with E-state index in [2.05, 4.69) is 5.16 Å². The summed E-state index contributed by atoms with van der Waals surface area (Å²) >= 11 is 0. The summed E-state index contributed by atoms with van der Waals surface area (Å²) in [5.41, 5.74) is 6.44. The van der Waals surface area contributed by atoms with E-state index in [4.69, 9.17) is 20.4 Å². The lowest BCUT2D eigenvalue weighted by atomic mass is 10.1. The van der Waals surface area contributed by atoms with Crippen LogP contribution in [-0.4, -0.2) is 18.2 Å². The van der Waals surface area contributed by atoms with E-state index in [-0.39, 0.29) is 12.4 Å². The second-order valence-electron chi connectivity index (χ2n) is 4.25. The molecule has 6 heteroatoms. The Hall–Kier alpha value is -2.76. The third kappa shape index (κ3) is 3.62. The molecule has 21 heavy (non-hydrogen) atoms. The van der Waals surface area contributed by atoms with Crippen LogP contribution in [0.25, 0.3) is 0 Å². The van der Waals surface area contributed by atoms with Crippen molar-refractivity contribution in [3.63, 3.8) is 0 Å². The number of oxime groups is 1. The number of hydrogen-bond acceptors (Lipinski definition) is 4. The number of hydrogen-bond donors (Lipinski definition) is 2. The standard InChI is InChI=1S/C15H15FN2O3/c1-20-12-4-6-13(7-5-12)21-9-10-2-3-11(16)8-14(10)15(17)18-19/h2-8,19H,9H2,1H3,(H2,17,18). The van der Waals surface area contributed by atoms with Gasteiger partial charge in [0.15, 0.2) is 5.84 Å². The Morgan fingerprint density at radius 3 is 2.48 bits per heavy atom. The average molecular weight is 290 g/mol.